The molecule has 0 bridgehead atoms. The van der Waals surface area contributed by atoms with Crippen LogP contribution in [0.1, 0.15) is 29.7 Å². The minimum Gasteiger partial charge on any atom is -0.461 e. The van der Waals surface area contributed by atoms with Crippen LogP contribution in [0.3, 0.4) is 0 Å². The van der Waals surface area contributed by atoms with E-state index in [1.807, 2.05) is 74.5 Å². The number of rotatable bonds is 6. The van der Waals surface area contributed by atoms with Gasteiger partial charge < -0.3 is 13.4 Å². The van der Waals surface area contributed by atoms with Gasteiger partial charge in [0, 0.05) is 10.9 Å². The van der Waals surface area contributed by atoms with E-state index in [-0.39, 0.29) is 6.54 Å². The Labute approximate surface area is 187 Å². The maximum absolute atomic E-state index is 11.6. The second-order valence-corrected chi connectivity index (χ2v) is 7.79. The molecular formula is C25H21N3O5. The molecule has 0 atom stereocenters. The van der Waals surface area contributed by atoms with Gasteiger partial charge in [0.1, 0.15) is 17.1 Å². The summed E-state index contributed by atoms with van der Waals surface area (Å²) in [5.74, 6) is 1.39. The van der Waals surface area contributed by atoms with Crippen molar-refractivity contribution >= 4 is 16.5 Å². The molecule has 166 valence electrons. The third-order valence-corrected chi connectivity index (χ3v) is 5.47. The largest absolute Gasteiger partial charge is 0.461 e. The van der Waals surface area contributed by atoms with Crippen LogP contribution >= 0.6 is 0 Å². The minimum atomic E-state index is -0.767. The molecule has 0 aliphatic rings. The van der Waals surface area contributed by atoms with Crippen molar-refractivity contribution in [1.29, 1.82) is 0 Å². The summed E-state index contributed by atoms with van der Waals surface area (Å²) in [5.41, 5.74) is 3.89. The summed E-state index contributed by atoms with van der Waals surface area (Å²) in [4.78, 5) is 29.4. The predicted molar refractivity (Wildman–Crippen MR) is 123 cm³/mol. The van der Waals surface area contributed by atoms with Gasteiger partial charge in [-0.05, 0) is 55.3 Å². The fraction of sp³-hybridized carbons (Fsp3) is 0.160. The molecule has 0 amide bonds. The highest BCUT2D eigenvalue weighted by molar-refractivity contribution is 5.82. The lowest BCUT2D eigenvalue weighted by molar-refractivity contribution is 0.261. The number of allylic oxidation sites excluding steroid dienone is 2. The van der Waals surface area contributed by atoms with E-state index < -0.39 is 11.4 Å². The molecule has 8 heteroatoms. The molecule has 3 aromatic heterocycles. The van der Waals surface area contributed by atoms with Crippen LogP contribution in [0.15, 0.2) is 83.6 Å². The maximum Gasteiger partial charge on any atom is 0.440 e. The monoisotopic (exact) mass is 443 g/mol. The van der Waals surface area contributed by atoms with Crippen LogP contribution in [0.25, 0.3) is 28.0 Å². The van der Waals surface area contributed by atoms with Gasteiger partial charge in [-0.25, -0.2) is 19.6 Å². The molecule has 3 heterocycles. The number of furan rings is 1. The van der Waals surface area contributed by atoms with Gasteiger partial charge in [-0.1, -0.05) is 30.3 Å². The summed E-state index contributed by atoms with van der Waals surface area (Å²) in [6.07, 6.45) is 2.35. The highest BCUT2D eigenvalue weighted by atomic mass is 16.5. The summed E-state index contributed by atoms with van der Waals surface area (Å²) in [7, 11) is 0. The number of fused-ring (bicyclic) bond motifs is 1. The zero-order chi connectivity index (χ0) is 22.9. The Morgan fingerprint density at radius 3 is 2.67 bits per heavy atom. The molecule has 0 fully saturated rings. The molecule has 5 aromatic rings. The van der Waals surface area contributed by atoms with Crippen LogP contribution in [0, 0.1) is 6.92 Å². The van der Waals surface area contributed by atoms with Gasteiger partial charge in [-0.3, -0.25) is 0 Å². The maximum atomic E-state index is 11.6. The predicted octanol–water partition coefficient (Wildman–Crippen LogP) is 4.53. The van der Waals surface area contributed by atoms with Crippen LogP contribution in [-0.2, 0) is 13.0 Å². The summed E-state index contributed by atoms with van der Waals surface area (Å²) >= 11 is 0. The van der Waals surface area contributed by atoms with Crippen molar-refractivity contribution in [3.8, 4) is 11.5 Å². The first-order valence-corrected chi connectivity index (χ1v) is 10.5. The van der Waals surface area contributed by atoms with E-state index in [9.17, 15) is 9.59 Å². The van der Waals surface area contributed by atoms with Gasteiger partial charge >= 0.3 is 11.4 Å². The van der Waals surface area contributed by atoms with E-state index >= 15 is 0 Å². The molecule has 0 radical (unpaired) electrons. The minimum absolute atomic E-state index is 0.160. The Morgan fingerprint density at radius 1 is 1.09 bits per heavy atom. The third-order valence-electron chi connectivity index (χ3n) is 5.47. The van der Waals surface area contributed by atoms with Crippen molar-refractivity contribution in [2.45, 2.75) is 26.8 Å². The van der Waals surface area contributed by atoms with Crippen molar-refractivity contribution in [2.24, 2.45) is 0 Å². The lowest BCUT2D eigenvalue weighted by atomic mass is 10.1. The normalized spacial score (nSPS) is 12.0. The van der Waals surface area contributed by atoms with Crippen molar-refractivity contribution in [2.75, 3.05) is 0 Å². The van der Waals surface area contributed by atoms with Gasteiger partial charge in [0.2, 0.25) is 5.89 Å². The second kappa shape index (κ2) is 8.31. The van der Waals surface area contributed by atoms with Crippen molar-refractivity contribution in [1.82, 2.24) is 14.7 Å². The standard InChI is InChI=1S/C25H21N3O5/c1-15(10-11-28-24(29)27-25(30)33-28)18-8-9-22-19(12-18)13-20(32-22)14-21-16(2)31-23(26-21)17-6-4-3-5-7-17/h3-10,12-13H,11,14H2,1-2H3,(H,27,29,30)/b15-10+. The van der Waals surface area contributed by atoms with Crippen LogP contribution in [0.5, 0.6) is 0 Å². The SMILES string of the molecule is C/C(=C\Cn1oc(=O)[nH]c1=O)c1ccc2oc(Cc3nc(-c4ccccc4)oc3C)cc2c1. The average molecular weight is 443 g/mol. The van der Waals surface area contributed by atoms with Gasteiger partial charge in [0.15, 0.2) is 0 Å². The zero-order valence-electron chi connectivity index (χ0n) is 18.1. The molecule has 33 heavy (non-hydrogen) atoms. The fourth-order valence-electron chi connectivity index (χ4n) is 3.66. The highest BCUT2D eigenvalue weighted by Crippen LogP contribution is 2.27. The topological polar surface area (TPSA) is 107 Å². The molecule has 0 unspecified atom stereocenters. The van der Waals surface area contributed by atoms with Crippen molar-refractivity contribution in [3.05, 3.63) is 104 Å². The Hall–Kier alpha value is -4.33. The average Bonchev–Trinajstić information content (AvgIpc) is 3.48. The Kier molecular flexibility index (Phi) is 5.18. The molecule has 0 saturated heterocycles. The zero-order valence-corrected chi connectivity index (χ0v) is 18.1. The molecular weight excluding hydrogens is 422 g/mol. The van der Waals surface area contributed by atoms with Gasteiger partial charge in [-0.2, -0.15) is 0 Å². The van der Waals surface area contributed by atoms with Crippen LogP contribution in [0.2, 0.25) is 0 Å². The number of aromatic nitrogens is 3. The number of oxazole rings is 1. The van der Waals surface area contributed by atoms with Crippen molar-refractivity contribution < 1.29 is 13.4 Å². The molecule has 2 aromatic carbocycles. The number of nitrogens with one attached hydrogen (secondary N) is 1. The van der Waals surface area contributed by atoms with Gasteiger partial charge in [0.05, 0.1) is 18.7 Å². The number of aryl methyl sites for hydroxylation is 1. The number of hydrogen-bond acceptors (Lipinski definition) is 6. The summed E-state index contributed by atoms with van der Waals surface area (Å²) in [6, 6.07) is 17.7. The first kappa shape index (κ1) is 20.6. The second-order valence-electron chi connectivity index (χ2n) is 7.79. The fourth-order valence-corrected chi connectivity index (χ4v) is 3.66. The van der Waals surface area contributed by atoms with E-state index in [1.165, 1.54) is 0 Å². The van der Waals surface area contributed by atoms with E-state index in [4.69, 9.17) is 13.4 Å². The van der Waals surface area contributed by atoms with Crippen LogP contribution in [0.4, 0.5) is 0 Å². The first-order valence-electron chi connectivity index (χ1n) is 10.5. The van der Waals surface area contributed by atoms with Gasteiger partial charge in [-0.15, -0.1) is 4.74 Å². The molecule has 5 rings (SSSR count). The lowest BCUT2D eigenvalue weighted by Gasteiger charge is -2.01. The van der Waals surface area contributed by atoms with Crippen LogP contribution < -0.4 is 11.4 Å². The number of benzene rings is 2. The lowest BCUT2D eigenvalue weighted by Crippen LogP contribution is -2.15. The summed E-state index contributed by atoms with van der Waals surface area (Å²) in [6.45, 7) is 4.00. The number of nitrogens with zero attached hydrogens (tertiary/aromatic N) is 2. The van der Waals surface area contributed by atoms with Crippen molar-refractivity contribution in [3.63, 3.8) is 0 Å². The van der Waals surface area contributed by atoms with E-state index in [2.05, 4.69) is 9.97 Å². The van der Waals surface area contributed by atoms with Gasteiger partial charge in [0.25, 0.3) is 0 Å². The van der Waals surface area contributed by atoms with Crippen LogP contribution in [-0.4, -0.2) is 14.7 Å². The summed E-state index contributed by atoms with van der Waals surface area (Å²) < 4.78 is 17.6. The number of aromatic amines is 1. The molecule has 8 nitrogen and oxygen atoms in total. The summed E-state index contributed by atoms with van der Waals surface area (Å²) in [5, 5.41) is 0.963. The smallest absolute Gasteiger partial charge is 0.440 e. The van der Waals surface area contributed by atoms with E-state index in [1.54, 1.807) is 0 Å². The quantitative estimate of drug-likeness (QED) is 0.413. The molecule has 0 spiro atoms. The molecule has 0 aliphatic carbocycles. The Bertz CT molecular complexity index is 1580. The van der Waals surface area contributed by atoms with E-state index in [0.29, 0.717) is 12.3 Å². The Balaban J connectivity index is 1.37. The van der Waals surface area contributed by atoms with E-state index in [0.717, 1.165) is 49.6 Å². The molecule has 0 saturated carbocycles. The Morgan fingerprint density at radius 2 is 1.91 bits per heavy atom. The molecule has 0 aliphatic heterocycles. The molecule has 1 N–H and O–H groups in total. The number of H-pyrrole nitrogens is 1. The first-order chi connectivity index (χ1) is 16.0. The highest BCUT2D eigenvalue weighted by Gasteiger charge is 2.14. The number of hydrogen-bond donors (Lipinski definition) is 1. The third kappa shape index (κ3) is 4.23.